The van der Waals surface area contributed by atoms with Crippen LogP contribution in [0.1, 0.15) is 0 Å². The molecule has 9 heteroatoms. The molecule has 0 saturated carbocycles. The Morgan fingerprint density at radius 1 is 0.931 bits per heavy atom. The molecule has 0 N–H and O–H groups in total. The Morgan fingerprint density at radius 2 is 1.59 bits per heavy atom. The van der Waals surface area contributed by atoms with Crippen molar-refractivity contribution in [3.63, 3.8) is 0 Å². The fourth-order valence-electron chi connectivity index (χ4n) is 3.28. The first-order valence-corrected chi connectivity index (χ1v) is 11.6. The van der Waals surface area contributed by atoms with Crippen molar-refractivity contribution in [1.29, 1.82) is 0 Å². The number of rotatable bonds is 4. The van der Waals surface area contributed by atoms with E-state index in [9.17, 15) is 8.42 Å². The van der Waals surface area contributed by atoms with Crippen molar-refractivity contribution in [2.45, 2.75) is 4.90 Å². The lowest BCUT2D eigenvalue weighted by Gasteiger charge is -2.35. The van der Waals surface area contributed by atoms with Gasteiger partial charge in [-0.2, -0.15) is 4.31 Å². The molecule has 0 spiro atoms. The van der Waals surface area contributed by atoms with Gasteiger partial charge in [0.05, 0.1) is 5.02 Å². The number of hydrogen-bond acceptors (Lipinski definition) is 5. The molecular formula is C20H18BrClN4O2S. The van der Waals surface area contributed by atoms with Gasteiger partial charge in [-0.05, 0) is 48.5 Å². The minimum Gasteiger partial charge on any atom is -0.369 e. The lowest BCUT2D eigenvalue weighted by molar-refractivity contribution is 0.385. The van der Waals surface area contributed by atoms with Crippen molar-refractivity contribution in [1.82, 2.24) is 14.3 Å². The fourth-order valence-corrected chi connectivity index (χ4v) is 5.71. The van der Waals surface area contributed by atoms with Crippen molar-refractivity contribution < 1.29 is 8.42 Å². The summed E-state index contributed by atoms with van der Waals surface area (Å²) in [6, 6.07) is 14.6. The summed E-state index contributed by atoms with van der Waals surface area (Å²) in [5, 5.41) is 0.223. The average molecular weight is 494 g/mol. The summed E-state index contributed by atoms with van der Waals surface area (Å²) in [6.07, 6.45) is 3.43. The molecule has 0 atom stereocenters. The van der Waals surface area contributed by atoms with Crippen LogP contribution in [0, 0.1) is 0 Å². The highest BCUT2D eigenvalue weighted by Gasteiger charge is 2.30. The van der Waals surface area contributed by atoms with Crippen molar-refractivity contribution in [2.75, 3.05) is 31.1 Å². The maximum absolute atomic E-state index is 13.0. The van der Waals surface area contributed by atoms with Crippen LogP contribution < -0.4 is 4.90 Å². The van der Waals surface area contributed by atoms with Gasteiger partial charge in [0, 0.05) is 54.3 Å². The first kappa shape index (κ1) is 20.3. The second-order valence-corrected chi connectivity index (χ2v) is 9.81. The van der Waals surface area contributed by atoms with Gasteiger partial charge in [0.1, 0.15) is 4.90 Å². The molecule has 6 nitrogen and oxygen atoms in total. The second-order valence-electron chi connectivity index (χ2n) is 6.59. The Bertz CT molecular complexity index is 1100. The molecule has 0 aliphatic carbocycles. The van der Waals surface area contributed by atoms with Crippen LogP contribution in [0.5, 0.6) is 0 Å². The van der Waals surface area contributed by atoms with E-state index in [1.165, 1.54) is 4.31 Å². The van der Waals surface area contributed by atoms with E-state index in [-0.39, 0.29) is 9.92 Å². The van der Waals surface area contributed by atoms with Crippen molar-refractivity contribution in [2.24, 2.45) is 0 Å². The van der Waals surface area contributed by atoms with Gasteiger partial charge in [-0.1, -0.05) is 27.5 Å². The Kier molecular flexibility index (Phi) is 5.87. The zero-order valence-electron chi connectivity index (χ0n) is 15.4. The number of hydrogen-bond donors (Lipinski definition) is 0. The molecule has 4 rings (SSSR count). The van der Waals surface area contributed by atoms with E-state index < -0.39 is 10.0 Å². The summed E-state index contributed by atoms with van der Waals surface area (Å²) in [6.45, 7) is 2.01. The van der Waals surface area contributed by atoms with Crippen molar-refractivity contribution in [3.8, 4) is 11.4 Å². The van der Waals surface area contributed by atoms with Gasteiger partial charge in [0.15, 0.2) is 5.82 Å². The summed E-state index contributed by atoms with van der Waals surface area (Å²) < 4.78 is 28.2. The van der Waals surface area contributed by atoms with Crippen LogP contribution in [0.25, 0.3) is 11.4 Å². The molecule has 0 amide bonds. The van der Waals surface area contributed by atoms with Crippen LogP contribution in [0.2, 0.25) is 5.02 Å². The molecule has 1 aliphatic heterocycles. The molecule has 2 aromatic carbocycles. The van der Waals surface area contributed by atoms with Crippen LogP contribution in [0.3, 0.4) is 0 Å². The molecule has 29 heavy (non-hydrogen) atoms. The maximum Gasteiger partial charge on any atom is 0.244 e. The van der Waals surface area contributed by atoms with Gasteiger partial charge < -0.3 is 4.90 Å². The fraction of sp³-hybridized carbons (Fsp3) is 0.200. The normalized spacial score (nSPS) is 15.4. The number of anilines is 1. The predicted octanol–water partition coefficient (Wildman–Crippen LogP) is 4.07. The molecular weight excluding hydrogens is 476 g/mol. The summed E-state index contributed by atoms with van der Waals surface area (Å²) in [4.78, 5) is 10.8. The van der Waals surface area contributed by atoms with E-state index in [0.29, 0.717) is 32.0 Å². The van der Waals surface area contributed by atoms with Crippen LogP contribution in [-0.4, -0.2) is 48.9 Å². The highest BCUT2D eigenvalue weighted by atomic mass is 79.9. The SMILES string of the molecule is O=S(=O)(c1ccc(Br)cc1Cl)N1CCN(c2ccc(-c3ncccn3)cc2)CC1. The number of nitrogens with zero attached hydrogens (tertiary/aromatic N) is 4. The van der Waals surface area contributed by atoms with Gasteiger partial charge in [0.2, 0.25) is 10.0 Å². The number of piperazine rings is 1. The summed E-state index contributed by atoms with van der Waals surface area (Å²) in [5.74, 6) is 0.682. The van der Waals surface area contributed by atoms with E-state index >= 15 is 0 Å². The smallest absolute Gasteiger partial charge is 0.244 e. The van der Waals surface area contributed by atoms with E-state index in [2.05, 4.69) is 30.8 Å². The number of benzene rings is 2. The van der Waals surface area contributed by atoms with Gasteiger partial charge in [-0.15, -0.1) is 0 Å². The first-order chi connectivity index (χ1) is 13.9. The molecule has 1 fully saturated rings. The van der Waals surface area contributed by atoms with Crippen molar-refractivity contribution >= 4 is 43.2 Å². The standard InChI is InChI=1S/C20H18BrClN4O2S/c21-16-4-7-19(18(22)14-16)29(27,28)26-12-10-25(11-13-26)17-5-2-15(3-6-17)20-23-8-1-9-24-20/h1-9,14H,10-13H2. The minimum atomic E-state index is -3.62. The van der Waals surface area contributed by atoms with Gasteiger partial charge >= 0.3 is 0 Å². The van der Waals surface area contributed by atoms with Crippen LogP contribution in [0.15, 0.2) is 70.3 Å². The maximum atomic E-state index is 13.0. The van der Waals surface area contributed by atoms with E-state index in [4.69, 9.17) is 11.6 Å². The molecule has 0 bridgehead atoms. The number of halogens is 2. The molecule has 0 radical (unpaired) electrons. The van der Waals surface area contributed by atoms with Crippen LogP contribution >= 0.6 is 27.5 Å². The lowest BCUT2D eigenvalue weighted by atomic mass is 10.1. The largest absolute Gasteiger partial charge is 0.369 e. The van der Waals surface area contributed by atoms with E-state index in [0.717, 1.165) is 15.7 Å². The zero-order valence-corrected chi connectivity index (χ0v) is 18.5. The van der Waals surface area contributed by atoms with Crippen LogP contribution in [-0.2, 0) is 10.0 Å². The minimum absolute atomic E-state index is 0.142. The summed E-state index contributed by atoms with van der Waals surface area (Å²) >= 11 is 9.47. The molecule has 1 aliphatic rings. The van der Waals surface area contributed by atoms with Crippen LogP contribution in [0.4, 0.5) is 5.69 Å². The average Bonchev–Trinajstić information content (AvgIpc) is 2.74. The third-order valence-electron chi connectivity index (χ3n) is 4.81. The topological polar surface area (TPSA) is 66.4 Å². The molecule has 0 unspecified atom stereocenters. The van der Waals surface area contributed by atoms with E-state index in [1.54, 1.807) is 36.7 Å². The van der Waals surface area contributed by atoms with Gasteiger partial charge in [-0.3, -0.25) is 0 Å². The Balaban J connectivity index is 1.45. The van der Waals surface area contributed by atoms with Gasteiger partial charge in [0.25, 0.3) is 0 Å². The Morgan fingerprint density at radius 3 is 2.21 bits per heavy atom. The highest BCUT2D eigenvalue weighted by molar-refractivity contribution is 9.10. The molecule has 1 saturated heterocycles. The number of aromatic nitrogens is 2. The first-order valence-electron chi connectivity index (χ1n) is 9.03. The third-order valence-corrected chi connectivity index (χ3v) is 7.68. The molecule has 1 aromatic heterocycles. The molecule has 3 aromatic rings. The highest BCUT2D eigenvalue weighted by Crippen LogP contribution is 2.29. The Hall–Kier alpha value is -2.00. The monoisotopic (exact) mass is 492 g/mol. The van der Waals surface area contributed by atoms with E-state index in [1.807, 2.05) is 24.3 Å². The Labute approximate surface area is 183 Å². The summed E-state index contributed by atoms with van der Waals surface area (Å²) in [5.41, 5.74) is 1.99. The quantitative estimate of drug-likeness (QED) is 0.548. The molecule has 2 heterocycles. The number of sulfonamides is 1. The lowest BCUT2D eigenvalue weighted by Crippen LogP contribution is -2.48. The zero-order chi connectivity index (χ0) is 20.4. The van der Waals surface area contributed by atoms with Crippen molar-refractivity contribution in [3.05, 3.63) is 70.4 Å². The second kappa shape index (κ2) is 8.39. The third kappa shape index (κ3) is 4.30. The predicted molar refractivity (Wildman–Crippen MR) is 118 cm³/mol. The molecule has 150 valence electrons. The summed E-state index contributed by atoms with van der Waals surface area (Å²) in [7, 11) is -3.62. The van der Waals surface area contributed by atoms with Gasteiger partial charge in [-0.25, -0.2) is 18.4 Å².